The van der Waals surface area contributed by atoms with Crippen LogP contribution in [0.2, 0.25) is 0 Å². The van der Waals surface area contributed by atoms with Crippen LogP contribution < -0.4 is 5.32 Å². The largest absolute Gasteiger partial charge is 0.481 e. The van der Waals surface area contributed by atoms with E-state index >= 15 is 0 Å². The molecule has 1 atom stereocenters. The highest BCUT2D eigenvalue weighted by Gasteiger charge is 2.19. The number of carbonyl (C=O) groups excluding carboxylic acids is 2. The minimum absolute atomic E-state index is 0.0559. The van der Waals surface area contributed by atoms with Crippen molar-refractivity contribution in [2.75, 3.05) is 18.9 Å². The van der Waals surface area contributed by atoms with E-state index in [1.165, 1.54) is 4.90 Å². The van der Waals surface area contributed by atoms with Crippen molar-refractivity contribution in [1.82, 2.24) is 4.90 Å². The fourth-order valence-electron chi connectivity index (χ4n) is 2.30. The third-order valence-electron chi connectivity index (χ3n) is 3.66. The van der Waals surface area contributed by atoms with Crippen LogP contribution >= 0.6 is 0 Å². The Balaban J connectivity index is 2.81. The van der Waals surface area contributed by atoms with Crippen molar-refractivity contribution in [3.05, 3.63) is 29.3 Å². The second kappa shape index (κ2) is 8.47. The highest BCUT2D eigenvalue weighted by Crippen LogP contribution is 2.18. The smallest absolute Gasteiger partial charge is 0.308 e. The van der Waals surface area contributed by atoms with Crippen LogP contribution in [-0.2, 0) is 9.59 Å². The van der Waals surface area contributed by atoms with Gasteiger partial charge in [0.1, 0.15) is 0 Å². The van der Waals surface area contributed by atoms with Gasteiger partial charge in [0.05, 0.1) is 5.92 Å². The summed E-state index contributed by atoms with van der Waals surface area (Å²) in [5.41, 5.74) is 1.94. The number of hydrogen-bond acceptors (Lipinski definition) is 3. The highest BCUT2D eigenvalue weighted by molar-refractivity contribution is 5.96. The van der Waals surface area contributed by atoms with Gasteiger partial charge in [-0.15, -0.1) is 0 Å². The normalized spacial score (nSPS) is 11.9. The molecule has 0 spiro atoms. The molecule has 1 rings (SSSR count). The summed E-state index contributed by atoms with van der Waals surface area (Å²) in [5, 5.41) is 11.8. The first kappa shape index (κ1) is 19.7. The first-order valence-electron chi connectivity index (χ1n) is 8.00. The van der Waals surface area contributed by atoms with Crippen molar-refractivity contribution in [1.29, 1.82) is 0 Å². The van der Waals surface area contributed by atoms with Crippen molar-refractivity contribution in [3.63, 3.8) is 0 Å². The van der Waals surface area contributed by atoms with Crippen molar-refractivity contribution in [2.24, 2.45) is 11.8 Å². The molecule has 132 valence electrons. The Morgan fingerprint density at radius 3 is 2.33 bits per heavy atom. The third kappa shape index (κ3) is 5.68. The van der Waals surface area contributed by atoms with Crippen LogP contribution in [0.3, 0.4) is 0 Å². The van der Waals surface area contributed by atoms with Gasteiger partial charge in [0, 0.05) is 31.3 Å². The summed E-state index contributed by atoms with van der Waals surface area (Å²) in [5.74, 6) is -1.59. The van der Waals surface area contributed by atoms with Gasteiger partial charge < -0.3 is 15.3 Å². The fourth-order valence-corrected chi connectivity index (χ4v) is 2.30. The Morgan fingerprint density at radius 2 is 1.83 bits per heavy atom. The summed E-state index contributed by atoms with van der Waals surface area (Å²) in [4.78, 5) is 36.5. The van der Waals surface area contributed by atoms with Gasteiger partial charge in [-0.05, 0) is 36.6 Å². The second-order valence-electron chi connectivity index (χ2n) is 6.60. The standard InChI is InChI=1S/C18H26N2O4/c1-11(2)8-16(21)19-15-7-6-14(9-12(15)3)17(22)20(5)10-13(4)18(23)24/h6-7,9,11,13H,8,10H2,1-5H3,(H,19,21)(H,23,24). The lowest BCUT2D eigenvalue weighted by Crippen LogP contribution is -2.33. The SMILES string of the molecule is Cc1cc(C(=O)N(C)CC(C)C(=O)O)ccc1NC(=O)CC(C)C. The maximum absolute atomic E-state index is 12.4. The molecule has 0 fully saturated rings. The van der Waals surface area contributed by atoms with Crippen molar-refractivity contribution in [3.8, 4) is 0 Å². The predicted octanol–water partition coefficient (Wildman–Crippen LogP) is 2.77. The molecule has 1 aromatic rings. The minimum atomic E-state index is -0.936. The molecule has 2 N–H and O–H groups in total. The van der Waals surface area contributed by atoms with E-state index in [0.717, 1.165) is 5.56 Å². The summed E-state index contributed by atoms with van der Waals surface area (Å²) in [7, 11) is 1.58. The molecule has 0 saturated carbocycles. The first-order valence-corrected chi connectivity index (χ1v) is 8.00. The maximum atomic E-state index is 12.4. The third-order valence-corrected chi connectivity index (χ3v) is 3.66. The van der Waals surface area contributed by atoms with Crippen LogP contribution in [0, 0.1) is 18.8 Å². The maximum Gasteiger partial charge on any atom is 0.308 e. The van der Waals surface area contributed by atoms with Crippen LogP contribution in [0.1, 0.15) is 43.1 Å². The van der Waals surface area contributed by atoms with Gasteiger partial charge >= 0.3 is 5.97 Å². The van der Waals surface area contributed by atoms with Gasteiger partial charge in [-0.2, -0.15) is 0 Å². The average molecular weight is 334 g/mol. The molecule has 0 aliphatic heterocycles. The van der Waals surface area contributed by atoms with Crippen molar-refractivity contribution >= 4 is 23.5 Å². The zero-order valence-corrected chi connectivity index (χ0v) is 14.9. The van der Waals surface area contributed by atoms with E-state index in [2.05, 4.69) is 5.32 Å². The number of rotatable bonds is 7. The van der Waals surface area contributed by atoms with E-state index in [-0.39, 0.29) is 24.3 Å². The molecule has 1 unspecified atom stereocenters. The van der Waals surface area contributed by atoms with E-state index in [4.69, 9.17) is 5.11 Å². The van der Waals surface area contributed by atoms with Gasteiger partial charge in [0.2, 0.25) is 5.91 Å². The van der Waals surface area contributed by atoms with Crippen LogP contribution in [0.4, 0.5) is 5.69 Å². The minimum Gasteiger partial charge on any atom is -0.481 e. The zero-order valence-electron chi connectivity index (χ0n) is 14.9. The highest BCUT2D eigenvalue weighted by atomic mass is 16.4. The number of carbonyl (C=O) groups is 3. The topological polar surface area (TPSA) is 86.7 Å². The molecule has 6 heteroatoms. The number of benzene rings is 1. The summed E-state index contributed by atoms with van der Waals surface area (Å²) in [6.07, 6.45) is 0.440. The molecular weight excluding hydrogens is 308 g/mol. The summed E-state index contributed by atoms with van der Waals surface area (Å²) >= 11 is 0. The lowest BCUT2D eigenvalue weighted by Gasteiger charge is -2.20. The number of nitrogens with zero attached hydrogens (tertiary/aromatic N) is 1. The molecule has 0 aromatic heterocycles. The van der Waals surface area contributed by atoms with Gasteiger partial charge in [-0.1, -0.05) is 20.8 Å². The molecule has 6 nitrogen and oxygen atoms in total. The lowest BCUT2D eigenvalue weighted by atomic mass is 10.1. The number of nitrogens with one attached hydrogen (secondary N) is 1. The predicted molar refractivity (Wildman–Crippen MR) is 93.0 cm³/mol. The quantitative estimate of drug-likeness (QED) is 0.803. The monoisotopic (exact) mass is 334 g/mol. The summed E-state index contributed by atoms with van der Waals surface area (Å²) in [6, 6.07) is 5.05. The molecule has 0 aliphatic rings. The van der Waals surface area contributed by atoms with E-state index < -0.39 is 11.9 Å². The first-order chi connectivity index (χ1) is 11.1. The number of amides is 2. The molecule has 2 amide bonds. The molecule has 0 radical (unpaired) electrons. The van der Waals surface area contributed by atoms with Crippen molar-refractivity contribution in [2.45, 2.75) is 34.1 Å². The van der Waals surface area contributed by atoms with Gasteiger partial charge in [-0.25, -0.2) is 0 Å². The molecule has 0 bridgehead atoms. The van der Waals surface area contributed by atoms with E-state index in [9.17, 15) is 14.4 Å². The number of carboxylic acid groups (broad SMARTS) is 1. The average Bonchev–Trinajstić information content (AvgIpc) is 2.47. The number of aliphatic carboxylic acids is 1. The van der Waals surface area contributed by atoms with Gasteiger partial charge in [-0.3, -0.25) is 14.4 Å². The van der Waals surface area contributed by atoms with Crippen LogP contribution in [0.5, 0.6) is 0 Å². The fraction of sp³-hybridized carbons (Fsp3) is 0.500. The molecule has 0 saturated heterocycles. The van der Waals surface area contributed by atoms with E-state index in [1.54, 1.807) is 32.2 Å². The van der Waals surface area contributed by atoms with Gasteiger partial charge in [0.25, 0.3) is 5.91 Å². The van der Waals surface area contributed by atoms with Crippen molar-refractivity contribution < 1.29 is 19.5 Å². The van der Waals surface area contributed by atoms with Crippen LogP contribution in [0.15, 0.2) is 18.2 Å². The summed E-state index contributed by atoms with van der Waals surface area (Å²) in [6.45, 7) is 7.47. The number of hydrogen-bond donors (Lipinski definition) is 2. The Bertz CT molecular complexity index is 625. The number of carboxylic acids is 1. The van der Waals surface area contributed by atoms with Gasteiger partial charge in [0.15, 0.2) is 0 Å². The zero-order chi connectivity index (χ0) is 18.4. The van der Waals surface area contributed by atoms with Crippen LogP contribution in [0.25, 0.3) is 0 Å². The Labute approximate surface area is 142 Å². The molecule has 24 heavy (non-hydrogen) atoms. The molecular formula is C18H26N2O4. The van der Waals surface area contributed by atoms with E-state index in [0.29, 0.717) is 17.7 Å². The molecule has 1 aromatic carbocycles. The Kier molecular flexibility index (Phi) is 6.95. The van der Waals surface area contributed by atoms with Crippen LogP contribution in [-0.4, -0.2) is 41.4 Å². The number of aryl methyl sites for hydroxylation is 1. The molecule has 0 heterocycles. The summed E-state index contributed by atoms with van der Waals surface area (Å²) < 4.78 is 0. The Hall–Kier alpha value is -2.37. The number of anilines is 1. The second-order valence-corrected chi connectivity index (χ2v) is 6.60. The lowest BCUT2D eigenvalue weighted by molar-refractivity contribution is -0.141. The molecule has 0 aliphatic carbocycles. The van der Waals surface area contributed by atoms with E-state index in [1.807, 2.05) is 20.8 Å². The Morgan fingerprint density at radius 1 is 1.21 bits per heavy atom.